The van der Waals surface area contributed by atoms with E-state index in [0.29, 0.717) is 42.5 Å². The van der Waals surface area contributed by atoms with Gasteiger partial charge in [-0.25, -0.2) is 0 Å². The van der Waals surface area contributed by atoms with E-state index < -0.39 is 0 Å². The molecule has 138 valence electrons. The number of amides is 1. The van der Waals surface area contributed by atoms with Gasteiger partial charge in [-0.15, -0.1) is 10.2 Å². The Morgan fingerprint density at radius 3 is 2.88 bits per heavy atom. The van der Waals surface area contributed by atoms with Crippen LogP contribution in [0.2, 0.25) is 5.02 Å². The number of aromatic hydroxyl groups is 1. The summed E-state index contributed by atoms with van der Waals surface area (Å²) in [6.45, 7) is 5.71. The van der Waals surface area contributed by atoms with Crippen molar-refractivity contribution in [3.63, 3.8) is 0 Å². The van der Waals surface area contributed by atoms with Crippen LogP contribution in [0.1, 0.15) is 12.5 Å². The molecule has 1 aromatic carbocycles. The van der Waals surface area contributed by atoms with Crippen LogP contribution in [0.3, 0.4) is 0 Å². The van der Waals surface area contributed by atoms with Gasteiger partial charge < -0.3 is 20.1 Å². The predicted octanol–water partition coefficient (Wildman–Crippen LogP) is 2.15. The molecule has 2 aromatic rings. The maximum Gasteiger partial charge on any atom is 0.216 e. The van der Waals surface area contributed by atoms with Crippen LogP contribution in [0.5, 0.6) is 5.75 Å². The molecule has 26 heavy (non-hydrogen) atoms. The first-order valence-corrected chi connectivity index (χ1v) is 8.76. The number of aryl methyl sites for hydroxylation is 1. The van der Waals surface area contributed by atoms with E-state index in [1.807, 2.05) is 19.1 Å². The van der Waals surface area contributed by atoms with Crippen molar-refractivity contribution in [3.8, 4) is 17.0 Å². The molecule has 1 fully saturated rings. The van der Waals surface area contributed by atoms with Crippen molar-refractivity contribution in [2.24, 2.45) is 0 Å². The van der Waals surface area contributed by atoms with Crippen LogP contribution in [-0.2, 0) is 9.53 Å². The lowest BCUT2D eigenvalue weighted by atomic mass is 10.0. The largest absolute Gasteiger partial charge is 0.507 e. The van der Waals surface area contributed by atoms with E-state index in [4.69, 9.17) is 16.3 Å². The molecule has 1 aromatic heterocycles. The standard InChI is InChI=1S/C18H21ClN4O3/c1-11-7-13(19)8-16(25)18(11)15-3-4-17(22-21-15)23-5-6-26-14(10-23)9-20-12(2)24/h3-4,7-8,14,25H,5-6,9-10H2,1-2H3,(H,20,24)/t14-/m0/s1. The molecule has 0 radical (unpaired) electrons. The van der Waals surface area contributed by atoms with Gasteiger partial charge in [-0.05, 0) is 36.8 Å². The van der Waals surface area contributed by atoms with Gasteiger partial charge in [0.1, 0.15) is 5.75 Å². The monoisotopic (exact) mass is 376 g/mol. The van der Waals surface area contributed by atoms with Crippen molar-refractivity contribution in [3.05, 3.63) is 34.9 Å². The smallest absolute Gasteiger partial charge is 0.216 e. The van der Waals surface area contributed by atoms with Crippen molar-refractivity contribution in [2.75, 3.05) is 31.1 Å². The minimum atomic E-state index is -0.0864. The molecule has 1 aliphatic rings. The summed E-state index contributed by atoms with van der Waals surface area (Å²) in [4.78, 5) is 13.1. The number of phenolic OH excluding ortho intramolecular Hbond substituents is 1. The van der Waals surface area contributed by atoms with Crippen molar-refractivity contribution in [2.45, 2.75) is 20.0 Å². The minimum absolute atomic E-state index is 0.0759. The molecule has 0 saturated carbocycles. The third-order valence-electron chi connectivity index (χ3n) is 4.23. The summed E-state index contributed by atoms with van der Waals surface area (Å²) in [5.74, 6) is 0.739. The summed E-state index contributed by atoms with van der Waals surface area (Å²) < 4.78 is 5.67. The maximum absolute atomic E-state index is 11.1. The Balaban J connectivity index is 1.74. The Hall–Kier alpha value is -2.38. The molecule has 0 spiro atoms. The zero-order valence-electron chi connectivity index (χ0n) is 14.7. The molecule has 0 unspecified atom stereocenters. The highest BCUT2D eigenvalue weighted by Gasteiger charge is 2.22. The van der Waals surface area contributed by atoms with Crippen LogP contribution in [0, 0.1) is 6.92 Å². The first-order chi connectivity index (χ1) is 12.4. The number of hydrogen-bond donors (Lipinski definition) is 2. The van der Waals surface area contributed by atoms with Gasteiger partial charge in [-0.2, -0.15) is 0 Å². The quantitative estimate of drug-likeness (QED) is 0.850. The third-order valence-corrected chi connectivity index (χ3v) is 4.45. The van der Waals surface area contributed by atoms with Crippen LogP contribution < -0.4 is 10.2 Å². The number of nitrogens with zero attached hydrogens (tertiary/aromatic N) is 3. The minimum Gasteiger partial charge on any atom is -0.507 e. The van der Waals surface area contributed by atoms with Crippen LogP contribution >= 0.6 is 11.6 Å². The molecular weight excluding hydrogens is 356 g/mol. The van der Waals surface area contributed by atoms with Crippen LogP contribution in [0.25, 0.3) is 11.3 Å². The first-order valence-electron chi connectivity index (χ1n) is 8.38. The molecule has 7 nitrogen and oxygen atoms in total. The fourth-order valence-corrected chi connectivity index (χ4v) is 3.26. The molecule has 0 bridgehead atoms. The number of ether oxygens (including phenoxy) is 1. The lowest BCUT2D eigenvalue weighted by Gasteiger charge is -2.33. The summed E-state index contributed by atoms with van der Waals surface area (Å²) in [6, 6.07) is 6.97. The highest BCUT2D eigenvalue weighted by molar-refractivity contribution is 6.31. The van der Waals surface area contributed by atoms with E-state index in [-0.39, 0.29) is 17.8 Å². The Morgan fingerprint density at radius 1 is 1.42 bits per heavy atom. The predicted molar refractivity (Wildman–Crippen MR) is 99.5 cm³/mol. The Bertz CT molecular complexity index is 775. The number of aromatic nitrogens is 2. The molecule has 0 aliphatic carbocycles. The van der Waals surface area contributed by atoms with Gasteiger partial charge >= 0.3 is 0 Å². The number of benzene rings is 1. The molecule has 1 saturated heterocycles. The highest BCUT2D eigenvalue weighted by atomic mass is 35.5. The fraction of sp³-hybridized carbons (Fsp3) is 0.389. The van der Waals surface area contributed by atoms with E-state index in [9.17, 15) is 9.90 Å². The second-order valence-corrected chi connectivity index (χ2v) is 6.71. The average Bonchev–Trinajstić information content (AvgIpc) is 2.60. The second-order valence-electron chi connectivity index (χ2n) is 6.27. The lowest BCUT2D eigenvalue weighted by Crippen LogP contribution is -2.47. The number of rotatable bonds is 4. The second kappa shape index (κ2) is 7.88. The summed E-state index contributed by atoms with van der Waals surface area (Å²) >= 11 is 5.95. The molecule has 1 amide bonds. The van der Waals surface area contributed by atoms with Gasteiger partial charge in [0.05, 0.1) is 18.4 Å². The van der Waals surface area contributed by atoms with Gasteiger partial charge in [-0.3, -0.25) is 4.79 Å². The van der Waals surface area contributed by atoms with Gasteiger partial charge in [-0.1, -0.05) is 11.6 Å². The van der Waals surface area contributed by atoms with E-state index in [0.717, 1.165) is 11.4 Å². The molecule has 1 atom stereocenters. The summed E-state index contributed by atoms with van der Waals surface area (Å²) in [5, 5.41) is 22.0. The zero-order valence-corrected chi connectivity index (χ0v) is 15.5. The van der Waals surface area contributed by atoms with Gasteiger partial charge in [0, 0.05) is 37.1 Å². The summed E-state index contributed by atoms with van der Waals surface area (Å²) in [5.41, 5.74) is 2.04. The number of carbonyl (C=O) groups excluding carboxylic acids is 1. The van der Waals surface area contributed by atoms with E-state index in [1.165, 1.54) is 13.0 Å². The van der Waals surface area contributed by atoms with E-state index >= 15 is 0 Å². The summed E-state index contributed by atoms with van der Waals surface area (Å²) in [7, 11) is 0. The lowest BCUT2D eigenvalue weighted by molar-refractivity contribution is -0.119. The van der Waals surface area contributed by atoms with Crippen LogP contribution in [0.4, 0.5) is 5.82 Å². The molecular formula is C18H21ClN4O3. The molecule has 2 heterocycles. The van der Waals surface area contributed by atoms with Crippen molar-refractivity contribution in [1.29, 1.82) is 0 Å². The fourth-order valence-electron chi connectivity index (χ4n) is 2.99. The molecule has 8 heteroatoms. The van der Waals surface area contributed by atoms with Crippen molar-refractivity contribution < 1.29 is 14.6 Å². The average molecular weight is 377 g/mol. The maximum atomic E-state index is 11.1. The topological polar surface area (TPSA) is 87.6 Å². The number of carbonyl (C=O) groups is 1. The SMILES string of the molecule is CC(=O)NC[C@H]1CN(c2ccc(-c3c(C)cc(Cl)cc3O)nn2)CCO1. The number of morpholine rings is 1. The first kappa shape index (κ1) is 18.4. The Morgan fingerprint density at radius 2 is 2.23 bits per heavy atom. The number of halogens is 1. The van der Waals surface area contributed by atoms with Crippen LogP contribution in [0.15, 0.2) is 24.3 Å². The van der Waals surface area contributed by atoms with Gasteiger partial charge in [0.15, 0.2) is 5.82 Å². The Kier molecular flexibility index (Phi) is 5.58. The zero-order chi connectivity index (χ0) is 18.7. The van der Waals surface area contributed by atoms with Crippen LogP contribution in [-0.4, -0.2) is 53.6 Å². The van der Waals surface area contributed by atoms with Gasteiger partial charge in [0.2, 0.25) is 5.91 Å². The highest BCUT2D eigenvalue weighted by Crippen LogP contribution is 2.34. The van der Waals surface area contributed by atoms with Crippen molar-refractivity contribution >= 4 is 23.3 Å². The van der Waals surface area contributed by atoms with Crippen molar-refractivity contribution in [1.82, 2.24) is 15.5 Å². The number of hydrogen-bond acceptors (Lipinski definition) is 6. The third kappa shape index (κ3) is 4.23. The molecule has 1 aliphatic heterocycles. The normalized spacial score (nSPS) is 17.2. The van der Waals surface area contributed by atoms with E-state index in [1.54, 1.807) is 6.07 Å². The molecule has 3 rings (SSSR count). The number of anilines is 1. The summed E-state index contributed by atoms with van der Waals surface area (Å²) in [6.07, 6.45) is -0.0864. The van der Waals surface area contributed by atoms with Gasteiger partial charge in [0.25, 0.3) is 0 Å². The Labute approximate surface area is 156 Å². The van der Waals surface area contributed by atoms with E-state index in [2.05, 4.69) is 20.4 Å². The number of phenols is 1. The molecule has 2 N–H and O–H groups in total. The number of nitrogens with one attached hydrogen (secondary N) is 1.